The van der Waals surface area contributed by atoms with Crippen LogP contribution in [0.15, 0.2) is 0 Å². The Labute approximate surface area is 109 Å². The van der Waals surface area contributed by atoms with Gasteiger partial charge in [-0.1, -0.05) is 19.8 Å². The Balaban J connectivity index is 1.38. The zero-order valence-electron chi connectivity index (χ0n) is 11.3. The van der Waals surface area contributed by atoms with Crippen molar-refractivity contribution in [2.75, 3.05) is 6.61 Å². The first kappa shape index (κ1) is 12.5. The van der Waals surface area contributed by atoms with Gasteiger partial charge >= 0.3 is 5.97 Å². The van der Waals surface area contributed by atoms with E-state index in [0.717, 1.165) is 25.2 Å². The maximum atomic E-state index is 12.0. The van der Waals surface area contributed by atoms with E-state index in [0.29, 0.717) is 24.7 Å². The quantitative estimate of drug-likeness (QED) is 0.572. The molecule has 3 rings (SSSR count). The van der Waals surface area contributed by atoms with E-state index in [1.807, 2.05) is 0 Å². The Kier molecular flexibility index (Phi) is 3.60. The molecule has 0 spiro atoms. The van der Waals surface area contributed by atoms with Crippen LogP contribution >= 0.6 is 0 Å². The number of epoxide rings is 1. The van der Waals surface area contributed by atoms with E-state index in [-0.39, 0.29) is 11.9 Å². The van der Waals surface area contributed by atoms with Crippen LogP contribution in [0.25, 0.3) is 0 Å². The van der Waals surface area contributed by atoms with Crippen molar-refractivity contribution in [1.82, 2.24) is 0 Å². The lowest BCUT2D eigenvalue weighted by molar-refractivity contribution is -0.151. The lowest BCUT2D eigenvalue weighted by Crippen LogP contribution is -2.26. The Bertz CT molecular complexity index is 307. The summed E-state index contributed by atoms with van der Waals surface area (Å²) >= 11 is 0. The maximum absolute atomic E-state index is 12.0. The standard InChI is InChI=1S/C15H24O3/c1-10-2-4-11(5-3-10)9-17-15(16)12-6-7-13-14(8-12)18-13/h10-14H,2-9H2,1H3. The van der Waals surface area contributed by atoms with Gasteiger partial charge in [-0.15, -0.1) is 0 Å². The van der Waals surface area contributed by atoms with Crippen molar-refractivity contribution in [3.05, 3.63) is 0 Å². The van der Waals surface area contributed by atoms with Crippen molar-refractivity contribution in [2.45, 2.75) is 64.1 Å². The molecule has 3 nitrogen and oxygen atoms in total. The number of carbonyl (C=O) groups excluding carboxylic acids is 1. The molecule has 1 heterocycles. The zero-order valence-corrected chi connectivity index (χ0v) is 11.3. The molecule has 3 aliphatic rings. The average molecular weight is 252 g/mol. The van der Waals surface area contributed by atoms with Gasteiger partial charge in [0.25, 0.3) is 0 Å². The molecule has 1 saturated heterocycles. The highest BCUT2D eigenvalue weighted by Crippen LogP contribution is 2.40. The first-order chi connectivity index (χ1) is 8.72. The van der Waals surface area contributed by atoms with Gasteiger partial charge in [0.05, 0.1) is 24.7 Å². The van der Waals surface area contributed by atoms with E-state index in [9.17, 15) is 4.79 Å². The lowest BCUT2D eigenvalue weighted by atomic mass is 9.83. The summed E-state index contributed by atoms with van der Waals surface area (Å²) in [7, 11) is 0. The molecular weight excluding hydrogens is 228 g/mol. The molecule has 3 atom stereocenters. The summed E-state index contributed by atoms with van der Waals surface area (Å²) in [5, 5.41) is 0. The van der Waals surface area contributed by atoms with Gasteiger partial charge in [-0.2, -0.15) is 0 Å². The second kappa shape index (κ2) is 5.20. The van der Waals surface area contributed by atoms with Gasteiger partial charge in [0.2, 0.25) is 0 Å². The maximum Gasteiger partial charge on any atom is 0.309 e. The summed E-state index contributed by atoms with van der Waals surface area (Å²) in [6.45, 7) is 2.97. The Morgan fingerprint density at radius 1 is 1.11 bits per heavy atom. The molecule has 0 bridgehead atoms. The van der Waals surface area contributed by atoms with Crippen LogP contribution in [0.5, 0.6) is 0 Å². The van der Waals surface area contributed by atoms with Crippen LogP contribution in [0.1, 0.15) is 51.9 Å². The van der Waals surface area contributed by atoms with E-state index < -0.39 is 0 Å². The molecule has 3 heteroatoms. The number of hydrogen-bond donors (Lipinski definition) is 0. The summed E-state index contributed by atoms with van der Waals surface area (Å²) in [4.78, 5) is 12.0. The summed E-state index contributed by atoms with van der Waals surface area (Å²) < 4.78 is 11.0. The molecule has 18 heavy (non-hydrogen) atoms. The fraction of sp³-hybridized carbons (Fsp3) is 0.933. The van der Waals surface area contributed by atoms with Crippen molar-refractivity contribution >= 4 is 5.97 Å². The zero-order chi connectivity index (χ0) is 12.5. The van der Waals surface area contributed by atoms with E-state index in [4.69, 9.17) is 9.47 Å². The third-order valence-corrected chi connectivity index (χ3v) is 4.93. The number of hydrogen-bond acceptors (Lipinski definition) is 3. The minimum Gasteiger partial charge on any atom is -0.465 e. The van der Waals surface area contributed by atoms with Gasteiger partial charge in [-0.25, -0.2) is 0 Å². The molecule has 0 aromatic heterocycles. The monoisotopic (exact) mass is 252 g/mol. The minimum atomic E-state index is 0.0302. The molecule has 0 aromatic rings. The van der Waals surface area contributed by atoms with Crippen LogP contribution in [0.3, 0.4) is 0 Å². The minimum absolute atomic E-state index is 0.0302. The van der Waals surface area contributed by atoms with Crippen LogP contribution in [-0.4, -0.2) is 24.8 Å². The Morgan fingerprint density at radius 2 is 1.89 bits per heavy atom. The van der Waals surface area contributed by atoms with E-state index >= 15 is 0 Å². The highest BCUT2D eigenvalue weighted by atomic mass is 16.6. The van der Waals surface area contributed by atoms with E-state index in [2.05, 4.69) is 6.92 Å². The predicted octanol–water partition coefficient (Wildman–Crippen LogP) is 2.92. The van der Waals surface area contributed by atoms with Crippen molar-refractivity contribution in [3.8, 4) is 0 Å². The molecule has 102 valence electrons. The fourth-order valence-electron chi connectivity index (χ4n) is 3.43. The Hall–Kier alpha value is -0.570. The first-order valence-corrected chi connectivity index (χ1v) is 7.54. The molecule has 1 aliphatic heterocycles. The van der Waals surface area contributed by atoms with Gasteiger partial charge in [0.15, 0.2) is 0 Å². The molecule has 0 amide bonds. The topological polar surface area (TPSA) is 38.8 Å². The lowest BCUT2D eigenvalue weighted by Gasteiger charge is -2.26. The van der Waals surface area contributed by atoms with Gasteiger partial charge in [-0.05, 0) is 43.9 Å². The molecule has 0 N–H and O–H groups in total. The second-order valence-corrected chi connectivity index (χ2v) is 6.48. The van der Waals surface area contributed by atoms with Gasteiger partial charge in [0, 0.05) is 0 Å². The molecule has 2 saturated carbocycles. The van der Waals surface area contributed by atoms with Crippen LogP contribution in [0.4, 0.5) is 0 Å². The van der Waals surface area contributed by atoms with Gasteiger partial charge in [0.1, 0.15) is 0 Å². The predicted molar refractivity (Wildman–Crippen MR) is 68.1 cm³/mol. The summed E-state index contributed by atoms with van der Waals surface area (Å²) in [6, 6.07) is 0. The number of carbonyl (C=O) groups is 1. The Morgan fingerprint density at radius 3 is 2.61 bits per heavy atom. The number of rotatable bonds is 3. The van der Waals surface area contributed by atoms with E-state index in [1.54, 1.807) is 0 Å². The highest BCUT2D eigenvalue weighted by Gasteiger charge is 2.46. The van der Waals surface area contributed by atoms with Gasteiger partial charge < -0.3 is 9.47 Å². The van der Waals surface area contributed by atoms with Crippen molar-refractivity contribution < 1.29 is 14.3 Å². The van der Waals surface area contributed by atoms with Crippen LogP contribution in [-0.2, 0) is 14.3 Å². The molecule has 3 unspecified atom stereocenters. The van der Waals surface area contributed by atoms with Crippen LogP contribution in [0.2, 0.25) is 0 Å². The summed E-state index contributed by atoms with van der Waals surface area (Å²) in [6.07, 6.45) is 8.78. The third-order valence-electron chi connectivity index (χ3n) is 4.93. The number of esters is 1. The highest BCUT2D eigenvalue weighted by molar-refractivity contribution is 5.72. The second-order valence-electron chi connectivity index (χ2n) is 6.48. The molecule has 0 aromatic carbocycles. The van der Waals surface area contributed by atoms with Gasteiger partial charge in [-0.3, -0.25) is 4.79 Å². The summed E-state index contributed by atoms with van der Waals surface area (Å²) in [5.74, 6) is 1.61. The van der Waals surface area contributed by atoms with Crippen molar-refractivity contribution in [1.29, 1.82) is 0 Å². The largest absolute Gasteiger partial charge is 0.465 e. The fourth-order valence-corrected chi connectivity index (χ4v) is 3.43. The van der Waals surface area contributed by atoms with E-state index in [1.165, 1.54) is 25.7 Å². The average Bonchev–Trinajstić information content (AvgIpc) is 3.16. The molecule has 0 radical (unpaired) electrons. The number of ether oxygens (including phenoxy) is 2. The molecular formula is C15H24O3. The smallest absolute Gasteiger partial charge is 0.309 e. The molecule has 2 aliphatic carbocycles. The first-order valence-electron chi connectivity index (χ1n) is 7.54. The summed E-state index contributed by atoms with van der Waals surface area (Å²) in [5.41, 5.74) is 0. The normalized spacial score (nSPS) is 43.1. The SMILES string of the molecule is CC1CCC(COC(=O)C2CCC3OC3C2)CC1. The molecule has 3 fully saturated rings. The van der Waals surface area contributed by atoms with Crippen LogP contribution < -0.4 is 0 Å². The number of fused-ring (bicyclic) bond motifs is 1. The third kappa shape index (κ3) is 2.87. The van der Waals surface area contributed by atoms with Crippen molar-refractivity contribution in [3.63, 3.8) is 0 Å². The van der Waals surface area contributed by atoms with Crippen LogP contribution in [0, 0.1) is 17.8 Å². The van der Waals surface area contributed by atoms with Crippen molar-refractivity contribution in [2.24, 2.45) is 17.8 Å².